The van der Waals surface area contributed by atoms with Crippen molar-refractivity contribution in [2.75, 3.05) is 0 Å². The van der Waals surface area contributed by atoms with Crippen LogP contribution >= 0.6 is 0 Å². The topological polar surface area (TPSA) is 35.6 Å². The number of allylic oxidation sites excluding steroid dienone is 1. The summed E-state index contributed by atoms with van der Waals surface area (Å²) in [5, 5.41) is 13.1. The number of aliphatic hydroxyl groups is 1. The van der Waals surface area contributed by atoms with E-state index in [9.17, 15) is 40.2 Å². The highest BCUT2D eigenvalue weighted by molar-refractivity contribution is 6.06. The van der Waals surface area contributed by atoms with E-state index in [0.717, 1.165) is 4.68 Å². The molecule has 0 aromatic rings. The van der Waals surface area contributed by atoms with E-state index in [2.05, 4.69) is 5.10 Å². The number of nitrogens with zero attached hydrogens (tertiary/aromatic N) is 2. The Morgan fingerprint density at radius 1 is 1.04 bits per heavy atom. The van der Waals surface area contributed by atoms with Gasteiger partial charge in [-0.05, 0) is 25.7 Å². The molecule has 0 amide bonds. The van der Waals surface area contributed by atoms with E-state index in [1.54, 1.807) is 0 Å². The van der Waals surface area contributed by atoms with Gasteiger partial charge in [-0.25, -0.2) is 8.78 Å². The van der Waals surface area contributed by atoms with Crippen molar-refractivity contribution >= 4 is 11.9 Å². The second kappa shape index (κ2) is 6.52. The highest BCUT2D eigenvalue weighted by Crippen LogP contribution is 2.44. The lowest BCUT2D eigenvalue weighted by Crippen LogP contribution is -2.43. The van der Waals surface area contributed by atoms with Gasteiger partial charge in [-0.2, -0.15) is 26.3 Å². The van der Waals surface area contributed by atoms with Crippen molar-refractivity contribution < 1.29 is 44.9 Å². The third-order valence-corrected chi connectivity index (χ3v) is 5.27. The van der Waals surface area contributed by atoms with Gasteiger partial charge in [-0.15, -0.1) is 0 Å². The van der Waals surface area contributed by atoms with Gasteiger partial charge in [0.1, 0.15) is 0 Å². The van der Waals surface area contributed by atoms with Crippen LogP contribution in [0.25, 0.3) is 0 Å². The number of hydrazone groups is 1. The first-order valence-corrected chi connectivity index (χ1v) is 8.46. The third-order valence-electron chi connectivity index (χ3n) is 5.27. The molecular formula is C16H17F8N2O+. The molecule has 1 N–H and O–H groups in total. The Morgan fingerprint density at radius 3 is 2.15 bits per heavy atom. The Labute approximate surface area is 149 Å². The molecule has 1 fully saturated rings. The van der Waals surface area contributed by atoms with Gasteiger partial charge < -0.3 is 5.11 Å². The van der Waals surface area contributed by atoms with E-state index in [0.29, 0.717) is 0 Å². The number of halogens is 8. The highest BCUT2D eigenvalue weighted by Gasteiger charge is 2.58. The van der Waals surface area contributed by atoms with E-state index in [-0.39, 0.29) is 31.4 Å². The molecule has 152 valence electrons. The minimum absolute atomic E-state index is 0.110. The van der Waals surface area contributed by atoms with Crippen LogP contribution in [-0.4, -0.2) is 46.1 Å². The Bertz CT molecular complexity index is 696. The lowest BCUT2D eigenvalue weighted by atomic mass is 9.82. The zero-order chi connectivity index (χ0) is 20.2. The van der Waals surface area contributed by atoms with Crippen molar-refractivity contribution in [2.45, 2.75) is 62.9 Å². The molecule has 0 saturated heterocycles. The van der Waals surface area contributed by atoms with Crippen LogP contribution in [-0.2, 0) is 0 Å². The first kappa shape index (κ1) is 20.2. The molecule has 0 spiro atoms. The summed E-state index contributed by atoms with van der Waals surface area (Å²) in [6.07, 6.45) is -12.0. The fraction of sp³-hybridized carbons (Fsp3) is 0.750. The quantitative estimate of drug-likeness (QED) is 0.509. The average Bonchev–Trinajstić information content (AvgIpc) is 2.90. The predicted molar refractivity (Wildman–Crippen MR) is 78.5 cm³/mol. The predicted octanol–water partition coefficient (Wildman–Crippen LogP) is 4.41. The summed E-state index contributed by atoms with van der Waals surface area (Å²) in [7, 11) is 0. The summed E-state index contributed by atoms with van der Waals surface area (Å²) in [5.41, 5.74) is -2.69. The minimum atomic E-state index is -5.04. The van der Waals surface area contributed by atoms with Crippen LogP contribution in [0.15, 0.2) is 16.4 Å². The monoisotopic (exact) mass is 405 g/mol. The van der Waals surface area contributed by atoms with Gasteiger partial charge in [-0.3, -0.25) is 0 Å². The molecule has 0 radical (unpaired) electrons. The summed E-state index contributed by atoms with van der Waals surface area (Å²) in [6, 6.07) is 0. The number of alkyl halides is 8. The number of rotatable bonds is 1. The van der Waals surface area contributed by atoms with Crippen LogP contribution in [0.3, 0.4) is 0 Å². The standard InChI is InChI=1S/C16H17F8N2O/c17-14(18)6-5-10-11(13(14)27)12(16(22,23)24)25-26(10)7-8-1-3-9(4-2-8)15(19,20)21/h7-9,13,27H,1-6H2/q+1/b26-7+/t8?,9?,13-/m0/s1. The smallest absolute Gasteiger partial charge is 0.382 e. The lowest BCUT2D eigenvalue weighted by Gasteiger charge is -2.27. The average molecular weight is 405 g/mol. The van der Waals surface area contributed by atoms with Gasteiger partial charge in [0.05, 0.1) is 11.5 Å². The second-order valence-electron chi connectivity index (χ2n) is 7.12. The molecule has 3 aliphatic rings. The Balaban J connectivity index is 1.88. The summed E-state index contributed by atoms with van der Waals surface area (Å²) in [5.74, 6) is -5.60. The van der Waals surface area contributed by atoms with Crippen molar-refractivity contribution in [3.05, 3.63) is 11.3 Å². The van der Waals surface area contributed by atoms with Gasteiger partial charge in [-0.1, -0.05) is 4.68 Å². The Hall–Kier alpha value is -1.52. The van der Waals surface area contributed by atoms with Gasteiger partial charge in [0, 0.05) is 23.9 Å². The van der Waals surface area contributed by atoms with Crippen LogP contribution in [0.2, 0.25) is 0 Å². The molecule has 0 aromatic heterocycles. The highest BCUT2D eigenvalue weighted by atomic mass is 19.4. The number of hydrogen-bond acceptors (Lipinski definition) is 2. The maximum absolute atomic E-state index is 13.7. The normalized spacial score (nSPS) is 33.3. The maximum atomic E-state index is 13.7. The largest absolute Gasteiger partial charge is 0.439 e. The molecule has 1 atom stereocenters. The van der Waals surface area contributed by atoms with Crippen molar-refractivity contribution in [2.24, 2.45) is 16.9 Å². The van der Waals surface area contributed by atoms with Crippen LogP contribution in [0.1, 0.15) is 38.5 Å². The van der Waals surface area contributed by atoms with E-state index >= 15 is 0 Å². The molecule has 1 aliphatic heterocycles. The molecule has 0 unspecified atom stereocenters. The molecule has 2 aliphatic carbocycles. The molecule has 0 aromatic carbocycles. The Morgan fingerprint density at radius 2 is 1.63 bits per heavy atom. The second-order valence-corrected chi connectivity index (χ2v) is 7.12. The first-order chi connectivity index (χ1) is 12.3. The maximum Gasteiger partial charge on any atom is 0.439 e. The van der Waals surface area contributed by atoms with Gasteiger partial charge in [0.2, 0.25) is 11.4 Å². The molecule has 27 heavy (non-hydrogen) atoms. The number of hydrogen-bond donors (Lipinski definition) is 1. The van der Waals surface area contributed by atoms with Crippen LogP contribution in [0.5, 0.6) is 0 Å². The van der Waals surface area contributed by atoms with Crippen LogP contribution < -0.4 is 0 Å². The molecule has 1 heterocycles. The lowest BCUT2D eigenvalue weighted by molar-refractivity contribution is -0.481. The van der Waals surface area contributed by atoms with Gasteiger partial charge in [0.15, 0.2) is 12.3 Å². The molecule has 3 nitrogen and oxygen atoms in total. The zero-order valence-electron chi connectivity index (χ0n) is 13.9. The molecular weight excluding hydrogens is 388 g/mol. The summed E-state index contributed by atoms with van der Waals surface area (Å²) < 4.78 is 106. The van der Waals surface area contributed by atoms with Crippen molar-refractivity contribution in [3.63, 3.8) is 0 Å². The fourth-order valence-electron chi connectivity index (χ4n) is 3.78. The van der Waals surface area contributed by atoms with E-state index in [1.807, 2.05) is 0 Å². The van der Waals surface area contributed by atoms with E-state index < -0.39 is 60.3 Å². The van der Waals surface area contributed by atoms with Gasteiger partial charge in [0.25, 0.3) is 5.92 Å². The van der Waals surface area contributed by atoms with Crippen LogP contribution in [0.4, 0.5) is 35.1 Å². The first-order valence-electron chi connectivity index (χ1n) is 8.46. The number of aliphatic hydroxyl groups excluding tert-OH is 1. The molecule has 0 bridgehead atoms. The SMILES string of the molecule is O[C@H]1C2=C(CCC1(F)F)/[N+](=C\C1CCC(C(F)(F)F)CC1)N=C2C(F)(F)F. The minimum Gasteiger partial charge on any atom is -0.382 e. The van der Waals surface area contributed by atoms with Crippen LogP contribution in [0, 0.1) is 11.8 Å². The third kappa shape index (κ3) is 3.88. The Kier molecular flexibility index (Phi) is 4.89. The summed E-state index contributed by atoms with van der Waals surface area (Å²) in [6.45, 7) is 0. The molecule has 3 rings (SSSR count). The fourth-order valence-corrected chi connectivity index (χ4v) is 3.78. The zero-order valence-corrected chi connectivity index (χ0v) is 13.9. The molecule has 1 saturated carbocycles. The van der Waals surface area contributed by atoms with Gasteiger partial charge >= 0.3 is 12.4 Å². The van der Waals surface area contributed by atoms with E-state index in [1.165, 1.54) is 6.21 Å². The van der Waals surface area contributed by atoms with Crippen molar-refractivity contribution in [1.82, 2.24) is 0 Å². The summed E-state index contributed by atoms with van der Waals surface area (Å²) in [4.78, 5) is 0. The van der Waals surface area contributed by atoms with Crippen molar-refractivity contribution in [1.29, 1.82) is 0 Å². The molecule has 11 heteroatoms. The summed E-state index contributed by atoms with van der Waals surface area (Å²) >= 11 is 0. The van der Waals surface area contributed by atoms with E-state index in [4.69, 9.17) is 0 Å². The van der Waals surface area contributed by atoms with Crippen molar-refractivity contribution in [3.8, 4) is 0 Å².